The van der Waals surface area contributed by atoms with Crippen LogP contribution in [0.1, 0.15) is 36.8 Å². The maximum atomic E-state index is 13.6. The number of esters is 1. The molecule has 31 heavy (non-hydrogen) atoms. The molecule has 2 aliphatic carbocycles. The Morgan fingerprint density at radius 2 is 1.84 bits per heavy atom. The van der Waals surface area contributed by atoms with Crippen molar-refractivity contribution >= 4 is 5.97 Å². The Hall–Kier alpha value is -2.81. The van der Waals surface area contributed by atoms with Gasteiger partial charge in [0.05, 0.1) is 0 Å². The number of aliphatic hydroxyl groups is 1. The van der Waals surface area contributed by atoms with Crippen LogP contribution in [0.3, 0.4) is 0 Å². The zero-order chi connectivity index (χ0) is 21.6. The molecule has 2 bridgehead atoms. The summed E-state index contributed by atoms with van der Waals surface area (Å²) in [6, 6.07) is 14.6. The second-order valence-electron chi connectivity index (χ2n) is 8.91. The summed E-state index contributed by atoms with van der Waals surface area (Å²) in [6.07, 6.45) is 8.97. The fourth-order valence-electron chi connectivity index (χ4n) is 5.86. The van der Waals surface area contributed by atoms with Crippen molar-refractivity contribution in [2.45, 2.75) is 43.4 Å². The molecule has 3 aliphatic rings. The van der Waals surface area contributed by atoms with Gasteiger partial charge in [-0.25, -0.2) is 4.79 Å². The van der Waals surface area contributed by atoms with Crippen LogP contribution in [-0.4, -0.2) is 41.7 Å². The predicted molar refractivity (Wildman–Crippen MR) is 117 cm³/mol. The molecule has 5 nitrogen and oxygen atoms in total. The number of ether oxygens (including phenoxy) is 2. The fourth-order valence-corrected chi connectivity index (χ4v) is 5.86. The molecule has 2 aromatic carbocycles. The van der Waals surface area contributed by atoms with Gasteiger partial charge in [0, 0.05) is 36.1 Å². The Kier molecular flexibility index (Phi) is 5.00. The summed E-state index contributed by atoms with van der Waals surface area (Å²) >= 11 is 0. The van der Waals surface area contributed by atoms with Gasteiger partial charge in [-0.15, -0.1) is 12.3 Å². The van der Waals surface area contributed by atoms with E-state index in [0.717, 1.165) is 25.8 Å². The molecule has 0 spiro atoms. The number of hydrogen-bond donors (Lipinski definition) is 1. The average molecular weight is 418 g/mol. The summed E-state index contributed by atoms with van der Waals surface area (Å²) in [5, 5.41) is 11.8. The van der Waals surface area contributed by atoms with Crippen molar-refractivity contribution < 1.29 is 19.4 Å². The number of carbonyl (C=O) groups excluding carboxylic acids is 1. The minimum absolute atomic E-state index is 0.198. The van der Waals surface area contributed by atoms with Crippen LogP contribution < -0.4 is 4.74 Å². The Morgan fingerprint density at radius 1 is 1.19 bits per heavy atom. The highest BCUT2D eigenvalue weighted by atomic mass is 16.6. The lowest BCUT2D eigenvalue weighted by atomic mass is 9.83. The zero-order valence-corrected chi connectivity index (χ0v) is 17.7. The molecule has 0 radical (unpaired) electrons. The van der Waals surface area contributed by atoms with Gasteiger partial charge in [0.25, 0.3) is 0 Å². The monoisotopic (exact) mass is 417 g/mol. The molecule has 160 valence electrons. The maximum absolute atomic E-state index is 13.6. The second-order valence-corrected chi connectivity index (χ2v) is 8.91. The third kappa shape index (κ3) is 3.13. The molecular formula is C26H27NO4. The van der Waals surface area contributed by atoms with Crippen LogP contribution >= 0.6 is 0 Å². The Balaban J connectivity index is 1.42. The van der Waals surface area contributed by atoms with Gasteiger partial charge in [-0.05, 0) is 44.4 Å². The molecule has 4 unspecified atom stereocenters. The van der Waals surface area contributed by atoms with Crippen LogP contribution in [0.2, 0.25) is 0 Å². The van der Waals surface area contributed by atoms with E-state index in [1.54, 1.807) is 36.4 Å². The Bertz CT molecular complexity index is 996. The van der Waals surface area contributed by atoms with Gasteiger partial charge >= 0.3 is 5.97 Å². The number of hydrogen-bond acceptors (Lipinski definition) is 5. The van der Waals surface area contributed by atoms with E-state index in [4.69, 9.17) is 15.9 Å². The number of para-hydroxylation sites is 2. The molecule has 0 aromatic heterocycles. The lowest BCUT2D eigenvalue weighted by Crippen LogP contribution is -2.44. The Labute approximate surface area is 183 Å². The minimum Gasteiger partial charge on any atom is -0.459 e. The quantitative estimate of drug-likeness (QED) is 0.594. The van der Waals surface area contributed by atoms with Crippen LogP contribution in [-0.2, 0) is 15.1 Å². The standard InChI is InChI=1S/C26H27NO4/c1-3-4-15-27(2)24-17-13-14-18(24)23(16-17)31-25(28)26(29)19-9-5-7-11-21(19)30-22-12-8-6-10-20(22)26/h1,5-12,17-18,23-24,29H,4,13-16H2,2H3. The molecule has 2 fully saturated rings. The number of carbonyl (C=O) groups is 1. The molecule has 5 rings (SSSR count). The number of fused-ring (bicyclic) bond motifs is 4. The highest BCUT2D eigenvalue weighted by molar-refractivity contribution is 5.88. The average Bonchev–Trinajstić information content (AvgIpc) is 3.35. The van der Waals surface area contributed by atoms with Crippen molar-refractivity contribution in [3.05, 3.63) is 59.7 Å². The van der Waals surface area contributed by atoms with Crippen molar-refractivity contribution in [2.75, 3.05) is 13.6 Å². The third-order valence-electron chi connectivity index (χ3n) is 7.25. The van der Waals surface area contributed by atoms with Crippen LogP contribution in [0, 0.1) is 24.2 Å². The van der Waals surface area contributed by atoms with Crippen molar-refractivity contribution in [3.63, 3.8) is 0 Å². The van der Waals surface area contributed by atoms with Crippen molar-refractivity contribution in [3.8, 4) is 23.8 Å². The molecule has 5 heteroatoms. The first-order chi connectivity index (χ1) is 15.0. The van der Waals surface area contributed by atoms with Crippen LogP contribution in [0.5, 0.6) is 11.5 Å². The largest absolute Gasteiger partial charge is 0.459 e. The summed E-state index contributed by atoms with van der Waals surface area (Å²) in [5.74, 6) is 3.79. The summed E-state index contributed by atoms with van der Waals surface area (Å²) in [4.78, 5) is 15.9. The molecule has 1 N–H and O–H groups in total. The molecule has 4 atom stereocenters. The topological polar surface area (TPSA) is 59.0 Å². The highest BCUT2D eigenvalue weighted by Crippen LogP contribution is 2.51. The molecule has 1 aliphatic heterocycles. The lowest BCUT2D eigenvalue weighted by Gasteiger charge is -2.35. The maximum Gasteiger partial charge on any atom is 0.348 e. The van der Waals surface area contributed by atoms with Gasteiger partial charge in [-0.3, -0.25) is 0 Å². The number of nitrogens with zero attached hydrogens (tertiary/aromatic N) is 1. The fraction of sp³-hybridized carbons (Fsp3) is 0.423. The smallest absolute Gasteiger partial charge is 0.348 e. The lowest BCUT2D eigenvalue weighted by molar-refractivity contribution is -0.171. The minimum atomic E-state index is -1.89. The van der Waals surface area contributed by atoms with Crippen molar-refractivity contribution in [2.24, 2.45) is 11.8 Å². The Morgan fingerprint density at radius 3 is 2.48 bits per heavy atom. The van der Waals surface area contributed by atoms with Gasteiger partial charge in [0.1, 0.15) is 17.6 Å². The molecular weight excluding hydrogens is 390 g/mol. The first-order valence-electron chi connectivity index (χ1n) is 11.0. The SMILES string of the molecule is C#CCCN(C)C1C2CCC1C(OC(=O)C1(O)c3ccccc3Oc3ccccc31)C2. The molecule has 0 saturated heterocycles. The van der Waals surface area contributed by atoms with E-state index in [1.165, 1.54) is 0 Å². The summed E-state index contributed by atoms with van der Waals surface area (Å²) in [7, 11) is 2.11. The summed E-state index contributed by atoms with van der Waals surface area (Å²) < 4.78 is 12.0. The van der Waals surface area contributed by atoms with E-state index in [1.807, 2.05) is 12.1 Å². The zero-order valence-electron chi connectivity index (χ0n) is 17.7. The highest BCUT2D eigenvalue weighted by Gasteiger charge is 2.54. The van der Waals surface area contributed by atoms with Gasteiger partial charge in [-0.2, -0.15) is 0 Å². The van der Waals surface area contributed by atoms with E-state index >= 15 is 0 Å². The van der Waals surface area contributed by atoms with E-state index in [2.05, 4.69) is 17.9 Å². The molecule has 2 aromatic rings. The van der Waals surface area contributed by atoms with E-state index in [-0.39, 0.29) is 12.0 Å². The normalized spacial score (nSPS) is 27.2. The molecule has 2 saturated carbocycles. The third-order valence-corrected chi connectivity index (χ3v) is 7.25. The van der Waals surface area contributed by atoms with Crippen LogP contribution in [0.25, 0.3) is 0 Å². The summed E-state index contributed by atoms with van der Waals surface area (Å²) in [5.41, 5.74) is -1.05. The van der Waals surface area contributed by atoms with Gasteiger partial charge in [-0.1, -0.05) is 36.4 Å². The van der Waals surface area contributed by atoms with Crippen molar-refractivity contribution in [1.29, 1.82) is 0 Å². The van der Waals surface area contributed by atoms with Crippen LogP contribution in [0.4, 0.5) is 0 Å². The van der Waals surface area contributed by atoms with Crippen molar-refractivity contribution in [1.82, 2.24) is 4.90 Å². The predicted octanol–water partition coefficient (Wildman–Crippen LogP) is 3.69. The van der Waals surface area contributed by atoms with Gasteiger partial charge in [0.2, 0.25) is 5.60 Å². The van der Waals surface area contributed by atoms with E-state index in [0.29, 0.717) is 41.0 Å². The summed E-state index contributed by atoms with van der Waals surface area (Å²) in [6.45, 7) is 0.844. The number of rotatable bonds is 5. The molecule has 1 heterocycles. The van der Waals surface area contributed by atoms with E-state index in [9.17, 15) is 9.90 Å². The first kappa shape index (κ1) is 20.1. The van der Waals surface area contributed by atoms with E-state index < -0.39 is 11.6 Å². The first-order valence-corrected chi connectivity index (χ1v) is 11.0. The number of terminal acetylenes is 1. The molecule has 0 amide bonds. The van der Waals surface area contributed by atoms with Crippen LogP contribution in [0.15, 0.2) is 48.5 Å². The van der Waals surface area contributed by atoms with Gasteiger partial charge < -0.3 is 19.5 Å². The second kappa shape index (κ2) is 7.71. The number of benzene rings is 2. The van der Waals surface area contributed by atoms with Gasteiger partial charge in [0.15, 0.2) is 0 Å².